The Kier molecular flexibility index (Phi) is 11.3. The summed E-state index contributed by atoms with van der Waals surface area (Å²) in [5, 5.41) is 19.3. The molecule has 0 aromatic carbocycles. The van der Waals surface area contributed by atoms with Gasteiger partial charge in [0.1, 0.15) is 11.4 Å². The Hall–Kier alpha value is -3.25. The van der Waals surface area contributed by atoms with E-state index in [1.54, 1.807) is 17.8 Å². The van der Waals surface area contributed by atoms with Gasteiger partial charge in [0.25, 0.3) is 0 Å². The van der Waals surface area contributed by atoms with Crippen molar-refractivity contribution in [2.45, 2.75) is 76.8 Å². The number of carboxylic acids is 1. The largest absolute Gasteiger partial charge is 0.481 e. The fourth-order valence-corrected chi connectivity index (χ4v) is 5.84. The maximum Gasteiger partial charge on any atom is 0.343 e. The van der Waals surface area contributed by atoms with E-state index in [1.807, 2.05) is 13.2 Å². The second-order valence-electron chi connectivity index (χ2n) is 11.4. The third kappa shape index (κ3) is 9.12. The number of ether oxygens (including phenoxy) is 1. The minimum atomic E-state index is -0.602. The molecule has 2 aromatic rings. The van der Waals surface area contributed by atoms with Crippen LogP contribution in [0.15, 0.2) is 18.6 Å². The van der Waals surface area contributed by atoms with Crippen molar-refractivity contribution < 1.29 is 19.4 Å². The van der Waals surface area contributed by atoms with Gasteiger partial charge < -0.3 is 25.4 Å². The van der Waals surface area contributed by atoms with E-state index in [2.05, 4.69) is 42.5 Å². The number of rotatable bonds is 8. The number of anilines is 3. The minimum Gasteiger partial charge on any atom is -0.481 e. The van der Waals surface area contributed by atoms with Crippen molar-refractivity contribution >= 4 is 29.4 Å². The Balaban J connectivity index is 0.000000367. The highest BCUT2D eigenvalue weighted by Gasteiger charge is 2.29. The molecule has 2 aliphatic carbocycles. The fraction of sp³-hybridized carbons (Fsp3) is 0.690. The van der Waals surface area contributed by atoms with Crippen molar-refractivity contribution in [1.82, 2.24) is 29.5 Å². The first-order valence-electron chi connectivity index (χ1n) is 15.0. The third-order valence-corrected chi connectivity index (χ3v) is 8.29. The molecule has 1 aliphatic heterocycles. The standard InChI is InChI=1S/C22H34N8O2.C7H12O2/c1-4-32-21(31)19-14-23-22(26-17-13-24-29(3)15-17)27-20(19)25-16-5-7-18(8-6-16)30-11-9-28(2)10-12-30;8-7(9)6-4-2-1-3-5-6/h13-16,18H,4-12H2,1-3H3,(H2,23,25,26,27);6H,1-5H2,(H,8,9). The van der Waals surface area contributed by atoms with Crippen LogP contribution in [0.2, 0.25) is 0 Å². The van der Waals surface area contributed by atoms with Gasteiger partial charge in [-0.1, -0.05) is 19.3 Å². The van der Waals surface area contributed by atoms with Crippen LogP contribution in [0.4, 0.5) is 17.5 Å². The van der Waals surface area contributed by atoms with Gasteiger partial charge in [-0.2, -0.15) is 10.1 Å². The Morgan fingerprint density at radius 2 is 1.71 bits per heavy atom. The number of aliphatic carboxylic acids is 1. The molecule has 226 valence electrons. The van der Waals surface area contributed by atoms with Gasteiger partial charge in [-0.25, -0.2) is 9.78 Å². The van der Waals surface area contributed by atoms with Crippen LogP contribution in [-0.4, -0.2) is 98.5 Å². The van der Waals surface area contributed by atoms with Gasteiger partial charge in [0, 0.05) is 57.7 Å². The van der Waals surface area contributed by atoms with Crippen LogP contribution in [0.25, 0.3) is 0 Å². The lowest BCUT2D eigenvalue weighted by molar-refractivity contribution is -0.142. The summed E-state index contributed by atoms with van der Waals surface area (Å²) in [7, 11) is 4.04. The zero-order valence-corrected chi connectivity index (χ0v) is 24.7. The van der Waals surface area contributed by atoms with E-state index in [1.165, 1.54) is 12.6 Å². The van der Waals surface area contributed by atoms with Gasteiger partial charge in [0.05, 0.1) is 24.4 Å². The monoisotopic (exact) mass is 570 g/mol. The molecule has 0 unspecified atom stereocenters. The van der Waals surface area contributed by atoms with Crippen molar-refractivity contribution in [3.8, 4) is 0 Å². The minimum absolute atomic E-state index is 0.0289. The first kappa shape index (κ1) is 30.7. The van der Waals surface area contributed by atoms with Gasteiger partial charge in [-0.15, -0.1) is 0 Å². The molecular weight excluding hydrogens is 524 g/mol. The van der Waals surface area contributed by atoms with Crippen LogP contribution >= 0.6 is 0 Å². The van der Waals surface area contributed by atoms with Crippen LogP contribution in [0.3, 0.4) is 0 Å². The van der Waals surface area contributed by atoms with Gasteiger partial charge in [0.2, 0.25) is 5.95 Å². The quantitative estimate of drug-likeness (QED) is 0.400. The normalized spacial score (nSPS) is 22.3. The Morgan fingerprint density at radius 1 is 1.00 bits per heavy atom. The first-order valence-corrected chi connectivity index (χ1v) is 15.0. The maximum atomic E-state index is 12.5. The van der Waals surface area contributed by atoms with E-state index in [0.29, 0.717) is 30.0 Å². The van der Waals surface area contributed by atoms with E-state index < -0.39 is 11.9 Å². The van der Waals surface area contributed by atoms with E-state index >= 15 is 0 Å². The van der Waals surface area contributed by atoms with Crippen LogP contribution in [0.1, 0.15) is 75.1 Å². The molecule has 3 aliphatic rings. The molecule has 12 nitrogen and oxygen atoms in total. The molecule has 0 bridgehead atoms. The van der Waals surface area contributed by atoms with Gasteiger partial charge in [0.15, 0.2) is 0 Å². The molecule has 3 fully saturated rings. The van der Waals surface area contributed by atoms with Crippen LogP contribution in [-0.2, 0) is 16.6 Å². The van der Waals surface area contributed by atoms with Crippen LogP contribution in [0, 0.1) is 5.92 Å². The average molecular weight is 571 g/mol. The van der Waals surface area contributed by atoms with Crippen LogP contribution in [0.5, 0.6) is 0 Å². The summed E-state index contributed by atoms with van der Waals surface area (Å²) in [6.45, 7) is 6.71. The number of likely N-dealkylation sites (N-methyl/N-ethyl adjacent to an activating group) is 1. The van der Waals surface area contributed by atoms with E-state index in [-0.39, 0.29) is 12.0 Å². The number of carboxylic acid groups (broad SMARTS) is 1. The number of nitrogens with one attached hydrogen (secondary N) is 2. The highest BCUT2D eigenvalue weighted by atomic mass is 16.5. The van der Waals surface area contributed by atoms with Crippen molar-refractivity contribution in [3.63, 3.8) is 0 Å². The highest BCUT2D eigenvalue weighted by molar-refractivity contribution is 5.94. The lowest BCUT2D eigenvalue weighted by Crippen LogP contribution is -2.50. The predicted octanol–water partition coefficient (Wildman–Crippen LogP) is 3.75. The number of aryl methyl sites for hydroxylation is 1. The fourth-order valence-electron chi connectivity index (χ4n) is 5.84. The number of carbonyl (C=O) groups excluding carboxylic acids is 1. The van der Waals surface area contributed by atoms with Gasteiger partial charge >= 0.3 is 11.9 Å². The molecule has 5 rings (SSSR count). The third-order valence-electron chi connectivity index (χ3n) is 8.29. The summed E-state index contributed by atoms with van der Waals surface area (Å²) in [5.74, 6) is -0.102. The lowest BCUT2D eigenvalue weighted by atomic mass is 9.89. The lowest BCUT2D eigenvalue weighted by Gasteiger charge is -2.41. The Labute approximate surface area is 242 Å². The second-order valence-corrected chi connectivity index (χ2v) is 11.4. The molecule has 12 heteroatoms. The summed E-state index contributed by atoms with van der Waals surface area (Å²) in [6, 6.07) is 0.924. The van der Waals surface area contributed by atoms with E-state index in [0.717, 1.165) is 83.2 Å². The number of hydrogen-bond acceptors (Lipinski definition) is 10. The number of piperazine rings is 1. The summed E-state index contributed by atoms with van der Waals surface area (Å²) < 4.78 is 6.92. The summed E-state index contributed by atoms with van der Waals surface area (Å²) in [5.41, 5.74) is 1.15. The Morgan fingerprint density at radius 3 is 2.29 bits per heavy atom. The van der Waals surface area contributed by atoms with Crippen molar-refractivity contribution in [2.75, 3.05) is 50.5 Å². The molecule has 1 saturated heterocycles. The molecule has 0 amide bonds. The molecule has 41 heavy (non-hydrogen) atoms. The van der Waals surface area contributed by atoms with E-state index in [4.69, 9.17) is 9.84 Å². The molecule has 2 aromatic heterocycles. The van der Waals surface area contributed by atoms with Gasteiger partial charge in [-0.05, 0) is 52.5 Å². The molecule has 2 saturated carbocycles. The smallest absolute Gasteiger partial charge is 0.343 e. The number of aromatic nitrogens is 4. The maximum absolute atomic E-state index is 12.5. The van der Waals surface area contributed by atoms with Crippen molar-refractivity contribution in [1.29, 1.82) is 0 Å². The predicted molar refractivity (Wildman–Crippen MR) is 157 cm³/mol. The molecule has 0 spiro atoms. The van der Waals surface area contributed by atoms with Crippen molar-refractivity contribution in [3.05, 3.63) is 24.2 Å². The molecule has 3 heterocycles. The molecule has 0 atom stereocenters. The van der Waals surface area contributed by atoms with E-state index in [9.17, 15) is 9.59 Å². The topological polar surface area (TPSA) is 138 Å². The highest BCUT2D eigenvalue weighted by Crippen LogP contribution is 2.28. The summed E-state index contributed by atoms with van der Waals surface area (Å²) >= 11 is 0. The molecular formula is C29H46N8O4. The zero-order chi connectivity index (χ0) is 29.2. The second kappa shape index (κ2) is 15.1. The average Bonchev–Trinajstić information content (AvgIpc) is 3.39. The summed E-state index contributed by atoms with van der Waals surface area (Å²) in [4.78, 5) is 36.8. The van der Waals surface area contributed by atoms with Gasteiger partial charge in [-0.3, -0.25) is 14.4 Å². The first-order chi connectivity index (χ1) is 19.8. The molecule has 3 N–H and O–H groups in total. The number of nitrogens with zero attached hydrogens (tertiary/aromatic N) is 6. The number of esters is 1. The zero-order valence-electron chi connectivity index (χ0n) is 24.7. The van der Waals surface area contributed by atoms with Crippen molar-refractivity contribution in [2.24, 2.45) is 13.0 Å². The Bertz CT molecular complexity index is 1120. The number of hydrogen-bond donors (Lipinski definition) is 3. The number of carbonyl (C=O) groups is 2. The molecule has 0 radical (unpaired) electrons. The SMILES string of the molecule is CCOC(=O)c1cnc(Nc2cnn(C)c2)nc1NC1CCC(N2CCN(C)CC2)CC1.O=C(O)C1CCCCC1. The van der Waals surface area contributed by atoms with Crippen LogP contribution < -0.4 is 10.6 Å². The summed E-state index contributed by atoms with van der Waals surface area (Å²) in [6.07, 6.45) is 14.7.